The zero-order valence-electron chi connectivity index (χ0n) is 21.3. The van der Waals surface area contributed by atoms with E-state index < -0.39 is 23.4 Å². The molecule has 1 unspecified atom stereocenters. The van der Waals surface area contributed by atoms with Crippen LogP contribution in [0.4, 0.5) is 30.6 Å². The molecule has 6 rings (SSSR count). The summed E-state index contributed by atoms with van der Waals surface area (Å²) in [5.41, 5.74) is 3.17. The van der Waals surface area contributed by atoms with Crippen molar-refractivity contribution in [1.29, 1.82) is 0 Å². The van der Waals surface area contributed by atoms with Crippen molar-refractivity contribution in [2.45, 2.75) is 26.3 Å². The number of nitrogens with one attached hydrogen (secondary N) is 3. The molecule has 198 valence electrons. The Balaban J connectivity index is 1.43. The van der Waals surface area contributed by atoms with E-state index in [9.17, 15) is 13.2 Å². The average molecular weight is 531 g/mol. The van der Waals surface area contributed by atoms with E-state index in [-0.39, 0.29) is 17.3 Å². The molecule has 5 heterocycles. The van der Waals surface area contributed by atoms with E-state index in [0.717, 1.165) is 36.0 Å². The van der Waals surface area contributed by atoms with Gasteiger partial charge in [0.1, 0.15) is 11.6 Å². The Morgan fingerprint density at radius 3 is 2.67 bits per heavy atom. The molecule has 0 amide bonds. The lowest BCUT2D eigenvalue weighted by Gasteiger charge is -2.40. The van der Waals surface area contributed by atoms with E-state index in [1.54, 1.807) is 18.3 Å². The van der Waals surface area contributed by atoms with Gasteiger partial charge in [0, 0.05) is 42.2 Å². The fraction of sp³-hybridized carbons (Fsp3) is 0.250. The molecule has 0 radical (unpaired) electrons. The Kier molecular flexibility index (Phi) is 6.22. The van der Waals surface area contributed by atoms with Crippen molar-refractivity contribution in [3.8, 4) is 11.4 Å². The van der Waals surface area contributed by atoms with E-state index >= 15 is 0 Å². The minimum atomic E-state index is -1.35. The van der Waals surface area contributed by atoms with Crippen molar-refractivity contribution in [3.63, 3.8) is 0 Å². The molecule has 8 nitrogen and oxygen atoms in total. The standard InChI is InChI=1S/C28H25F3N8/c1-28(2)14-32-8-7-20(28)36-26-23-17(15-4-3-5-15)12-33-13-19(23)35-25(39-26)16-6-9-34-22(10-16)38-27-24(31)18(29)11-21(30)37-27/h3-6,9-13,20,32H,7-8,14H2,1-2H3,(H,34,37,38)(H,35,36,39). The van der Waals surface area contributed by atoms with Crippen LogP contribution in [0.1, 0.15) is 25.8 Å². The molecule has 0 spiro atoms. The highest BCUT2D eigenvalue weighted by atomic mass is 19.2. The predicted octanol–water partition coefficient (Wildman–Crippen LogP) is 5.40. The van der Waals surface area contributed by atoms with E-state index in [4.69, 9.17) is 9.97 Å². The van der Waals surface area contributed by atoms with Gasteiger partial charge in [-0.15, -0.1) is 0 Å². The quantitative estimate of drug-likeness (QED) is 0.285. The number of anilines is 3. The second kappa shape index (κ2) is 9.73. The van der Waals surface area contributed by atoms with Crippen LogP contribution in [-0.2, 0) is 0 Å². The number of fused-ring (bicyclic) bond motifs is 1. The van der Waals surface area contributed by atoms with Crippen LogP contribution in [0.3, 0.4) is 0 Å². The van der Waals surface area contributed by atoms with Crippen LogP contribution in [0, 0.1) is 23.0 Å². The first kappa shape index (κ1) is 24.9. The molecule has 1 fully saturated rings. The molecule has 39 heavy (non-hydrogen) atoms. The average Bonchev–Trinajstić information content (AvgIpc) is 2.87. The number of nitrogens with zero attached hydrogens (tertiary/aromatic N) is 5. The number of pyridine rings is 3. The lowest BCUT2D eigenvalue weighted by Crippen LogP contribution is -2.49. The summed E-state index contributed by atoms with van der Waals surface area (Å²) in [5, 5.41) is 10.6. The first-order chi connectivity index (χ1) is 18.8. The van der Waals surface area contributed by atoms with Crippen LogP contribution >= 0.6 is 0 Å². The predicted molar refractivity (Wildman–Crippen MR) is 144 cm³/mol. The summed E-state index contributed by atoms with van der Waals surface area (Å²) in [4.78, 5) is 21.7. The Bertz CT molecular complexity index is 1650. The molecule has 4 aromatic rings. The first-order valence-corrected chi connectivity index (χ1v) is 12.6. The second-order valence-corrected chi connectivity index (χ2v) is 10.3. The number of halogens is 3. The Morgan fingerprint density at radius 1 is 1.05 bits per heavy atom. The SMILES string of the molecule is CC1(C)CNCCC1Nc1nc(-c2ccnc(Nc3nc(F)cc(F)c3F)c2)nc2cncc(C3=CC=C3)c12. The maximum Gasteiger partial charge on any atom is 0.217 e. The number of hydrogen-bond acceptors (Lipinski definition) is 8. The van der Waals surface area contributed by atoms with Crippen LogP contribution in [0.25, 0.3) is 27.9 Å². The maximum atomic E-state index is 14.2. The van der Waals surface area contributed by atoms with Crippen LogP contribution in [0.15, 0.2) is 55.0 Å². The molecule has 2 aliphatic rings. The molecule has 0 aromatic carbocycles. The zero-order chi connectivity index (χ0) is 27.1. The van der Waals surface area contributed by atoms with Gasteiger partial charge in [-0.1, -0.05) is 32.1 Å². The normalized spacial score (nSPS) is 18.0. The van der Waals surface area contributed by atoms with Crippen LogP contribution < -0.4 is 16.0 Å². The number of rotatable bonds is 6. The summed E-state index contributed by atoms with van der Waals surface area (Å²) in [6.07, 6.45) is 11.9. The van der Waals surface area contributed by atoms with Crippen LogP contribution in [-0.4, -0.2) is 44.1 Å². The van der Waals surface area contributed by atoms with Gasteiger partial charge >= 0.3 is 0 Å². The number of allylic oxidation sites excluding steroid dienone is 4. The molecule has 11 heteroatoms. The van der Waals surface area contributed by atoms with Crippen molar-refractivity contribution < 1.29 is 13.2 Å². The van der Waals surface area contributed by atoms with Gasteiger partial charge in [-0.2, -0.15) is 13.8 Å². The fourth-order valence-corrected chi connectivity index (χ4v) is 4.82. The maximum absolute atomic E-state index is 14.2. The third-order valence-corrected chi connectivity index (χ3v) is 7.06. The number of hydrogen-bond donors (Lipinski definition) is 3. The summed E-state index contributed by atoms with van der Waals surface area (Å²) >= 11 is 0. The van der Waals surface area contributed by atoms with Crippen LogP contribution in [0.5, 0.6) is 0 Å². The van der Waals surface area contributed by atoms with Crippen molar-refractivity contribution in [2.24, 2.45) is 5.41 Å². The van der Waals surface area contributed by atoms with Gasteiger partial charge in [0.05, 0.1) is 17.1 Å². The highest BCUT2D eigenvalue weighted by molar-refractivity contribution is 6.02. The zero-order valence-corrected chi connectivity index (χ0v) is 21.3. The van der Waals surface area contributed by atoms with E-state index in [2.05, 4.69) is 44.7 Å². The molecule has 1 aliphatic carbocycles. The second-order valence-electron chi connectivity index (χ2n) is 10.3. The minimum Gasteiger partial charge on any atom is -0.366 e. The topological polar surface area (TPSA) is 101 Å². The summed E-state index contributed by atoms with van der Waals surface area (Å²) in [7, 11) is 0. The lowest BCUT2D eigenvalue weighted by atomic mass is 9.80. The van der Waals surface area contributed by atoms with Gasteiger partial charge < -0.3 is 16.0 Å². The smallest absolute Gasteiger partial charge is 0.217 e. The van der Waals surface area contributed by atoms with Gasteiger partial charge in [0.25, 0.3) is 0 Å². The van der Waals surface area contributed by atoms with Gasteiger partial charge in [-0.25, -0.2) is 19.3 Å². The highest BCUT2D eigenvalue weighted by Gasteiger charge is 2.33. The monoisotopic (exact) mass is 530 g/mol. The highest BCUT2D eigenvalue weighted by Crippen LogP contribution is 2.36. The summed E-state index contributed by atoms with van der Waals surface area (Å²) < 4.78 is 41.5. The minimum absolute atomic E-state index is 0.0242. The van der Waals surface area contributed by atoms with Crippen LogP contribution in [0.2, 0.25) is 0 Å². The lowest BCUT2D eigenvalue weighted by molar-refractivity contribution is 0.236. The molecule has 0 saturated carbocycles. The molecule has 1 aliphatic heterocycles. The van der Waals surface area contributed by atoms with Gasteiger partial charge in [0.2, 0.25) is 11.8 Å². The van der Waals surface area contributed by atoms with Crippen molar-refractivity contribution >= 4 is 33.9 Å². The van der Waals surface area contributed by atoms with E-state index in [0.29, 0.717) is 28.8 Å². The first-order valence-electron chi connectivity index (χ1n) is 12.6. The summed E-state index contributed by atoms with van der Waals surface area (Å²) in [6, 6.07) is 3.80. The Hall–Kier alpha value is -4.38. The van der Waals surface area contributed by atoms with Gasteiger partial charge in [-0.3, -0.25) is 4.98 Å². The Labute approximate surface area is 222 Å². The molecule has 1 atom stereocenters. The molecule has 4 aromatic heterocycles. The number of piperidine rings is 1. The summed E-state index contributed by atoms with van der Waals surface area (Å²) in [5.74, 6) is -3.23. The third-order valence-electron chi connectivity index (χ3n) is 7.06. The van der Waals surface area contributed by atoms with E-state index in [1.807, 2.05) is 24.4 Å². The molecular formula is C28H25F3N8. The van der Waals surface area contributed by atoms with Gasteiger partial charge in [-0.05, 0) is 36.1 Å². The van der Waals surface area contributed by atoms with Crippen molar-refractivity contribution in [1.82, 2.24) is 30.2 Å². The molecule has 0 bridgehead atoms. The molecule has 3 N–H and O–H groups in total. The Morgan fingerprint density at radius 2 is 1.90 bits per heavy atom. The largest absolute Gasteiger partial charge is 0.366 e. The number of aromatic nitrogens is 5. The van der Waals surface area contributed by atoms with E-state index in [1.165, 1.54) is 6.20 Å². The summed E-state index contributed by atoms with van der Waals surface area (Å²) in [6.45, 7) is 6.19. The fourth-order valence-electron chi connectivity index (χ4n) is 4.82. The third kappa shape index (κ3) is 4.81. The van der Waals surface area contributed by atoms with Gasteiger partial charge in [0.15, 0.2) is 17.5 Å². The van der Waals surface area contributed by atoms with Crippen molar-refractivity contribution in [2.75, 3.05) is 23.7 Å². The molecule has 1 saturated heterocycles. The van der Waals surface area contributed by atoms with Crippen molar-refractivity contribution in [3.05, 3.63) is 78.2 Å². The molecular weight excluding hydrogens is 505 g/mol.